The van der Waals surface area contributed by atoms with Crippen LogP contribution in [0.2, 0.25) is 0 Å². The monoisotopic (exact) mass is 431 g/mol. The number of fused-ring (bicyclic) bond motifs is 1. The van der Waals surface area contributed by atoms with Crippen LogP contribution in [0, 0.1) is 10.8 Å². The number of anilines is 3. The second-order valence-electron chi connectivity index (χ2n) is 6.99. The molecule has 1 amide bonds. The summed E-state index contributed by atoms with van der Waals surface area (Å²) in [7, 11) is 0. The Bertz CT molecular complexity index is 1170. The summed E-state index contributed by atoms with van der Waals surface area (Å²) in [4.78, 5) is 20.5. The second-order valence-corrected chi connectivity index (χ2v) is 6.99. The summed E-state index contributed by atoms with van der Waals surface area (Å²) in [6, 6.07) is 14.2. The number of aromatic nitrogens is 2. The molecule has 0 aliphatic carbocycles. The van der Waals surface area contributed by atoms with Crippen LogP contribution in [0.1, 0.15) is 33.1 Å². The van der Waals surface area contributed by atoms with E-state index in [1.165, 1.54) is 6.20 Å². The van der Waals surface area contributed by atoms with Crippen molar-refractivity contribution in [2.75, 3.05) is 17.2 Å². The summed E-state index contributed by atoms with van der Waals surface area (Å²) < 4.78 is 4.89. The van der Waals surface area contributed by atoms with Gasteiger partial charge in [-0.2, -0.15) is 4.98 Å². The van der Waals surface area contributed by atoms with Gasteiger partial charge in [0.2, 0.25) is 11.8 Å². The van der Waals surface area contributed by atoms with Crippen molar-refractivity contribution in [3.8, 4) is 0 Å². The van der Waals surface area contributed by atoms with E-state index in [1.807, 2.05) is 36.4 Å². The maximum absolute atomic E-state index is 11.7. The van der Waals surface area contributed by atoms with Crippen molar-refractivity contribution in [3.63, 3.8) is 0 Å². The van der Waals surface area contributed by atoms with Crippen molar-refractivity contribution in [2.24, 2.45) is 0 Å². The molecule has 1 atom stereocenters. The predicted molar refractivity (Wildman–Crippen MR) is 120 cm³/mol. The van der Waals surface area contributed by atoms with Gasteiger partial charge in [-0.25, -0.2) is 4.98 Å². The van der Waals surface area contributed by atoms with Gasteiger partial charge in [0, 0.05) is 24.0 Å². The Hall–Kier alpha value is -4.31. The molecular formula is C22H21N7O3. The molecule has 0 fully saturated rings. The first-order valence-corrected chi connectivity index (χ1v) is 9.81. The van der Waals surface area contributed by atoms with Crippen LogP contribution in [0.4, 0.5) is 17.5 Å². The topological polar surface area (TPSA) is 156 Å². The van der Waals surface area contributed by atoms with Crippen LogP contribution in [-0.2, 0) is 11.3 Å². The van der Waals surface area contributed by atoms with Gasteiger partial charge in [-0.05, 0) is 29.3 Å². The fraction of sp³-hybridized carbons (Fsp3) is 0.136. The molecule has 0 unspecified atom stereocenters. The van der Waals surface area contributed by atoms with Crippen molar-refractivity contribution in [2.45, 2.75) is 12.6 Å². The summed E-state index contributed by atoms with van der Waals surface area (Å²) >= 11 is 0. The molecule has 162 valence electrons. The highest BCUT2D eigenvalue weighted by molar-refractivity contribution is 6.00. The van der Waals surface area contributed by atoms with Crippen molar-refractivity contribution >= 4 is 35.7 Å². The molecule has 1 aromatic heterocycles. The van der Waals surface area contributed by atoms with E-state index in [-0.39, 0.29) is 35.7 Å². The Morgan fingerprint density at radius 1 is 1.28 bits per heavy atom. The lowest BCUT2D eigenvalue weighted by Gasteiger charge is -2.20. The summed E-state index contributed by atoms with van der Waals surface area (Å²) in [5.41, 5.74) is 3.29. The van der Waals surface area contributed by atoms with Crippen LogP contribution >= 0.6 is 0 Å². The molecule has 2 aromatic carbocycles. The third-order valence-corrected chi connectivity index (χ3v) is 4.95. The van der Waals surface area contributed by atoms with Crippen LogP contribution in [0.25, 0.3) is 0 Å². The number of amides is 1. The lowest BCUT2D eigenvalue weighted by atomic mass is 10.1. The molecular weight excluding hydrogens is 410 g/mol. The fourth-order valence-corrected chi connectivity index (χ4v) is 3.36. The first-order chi connectivity index (χ1) is 15.6. The SMILES string of the molecule is N=COC(=N)c1cnc(Nc2ccc3c(c2)CNC3=O)nc1N[C@H](CO)c1ccccc1. The quantitative estimate of drug-likeness (QED) is 0.236. The summed E-state index contributed by atoms with van der Waals surface area (Å²) in [5.74, 6) is 0.108. The molecule has 4 rings (SSSR count). The van der Waals surface area contributed by atoms with E-state index in [1.54, 1.807) is 12.1 Å². The van der Waals surface area contributed by atoms with Crippen LogP contribution in [0.15, 0.2) is 54.7 Å². The molecule has 1 aliphatic rings. The molecule has 6 N–H and O–H groups in total. The number of benzene rings is 2. The number of aliphatic hydroxyl groups is 1. The van der Waals surface area contributed by atoms with Gasteiger partial charge in [-0.3, -0.25) is 15.6 Å². The maximum atomic E-state index is 11.7. The number of hydrogen-bond acceptors (Lipinski definition) is 9. The standard InChI is InChI=1S/C22H21N7O3/c23-12-32-19(24)17-10-26-22(27-15-6-7-16-14(8-15)9-25-21(16)31)29-20(17)28-18(11-30)13-4-2-1-3-5-13/h1-8,10,12,18,23-24,30H,9,11H2,(H,25,31)(H2,26,27,28,29)/t18-/m1/s1. The second kappa shape index (κ2) is 9.23. The molecule has 10 heteroatoms. The van der Waals surface area contributed by atoms with Crippen LogP contribution in [-0.4, -0.2) is 39.9 Å². The van der Waals surface area contributed by atoms with E-state index in [0.29, 0.717) is 24.2 Å². The Balaban J connectivity index is 1.64. The zero-order valence-corrected chi connectivity index (χ0v) is 16.9. The van der Waals surface area contributed by atoms with Crippen LogP contribution in [0.3, 0.4) is 0 Å². The summed E-state index contributed by atoms with van der Waals surface area (Å²) in [6.07, 6.45) is 2.06. The lowest BCUT2D eigenvalue weighted by molar-refractivity contribution is 0.0965. The number of ether oxygens (including phenoxy) is 1. The van der Waals surface area contributed by atoms with E-state index in [9.17, 15) is 9.90 Å². The smallest absolute Gasteiger partial charge is 0.251 e. The van der Waals surface area contributed by atoms with Crippen molar-refractivity contribution in [3.05, 3.63) is 77.0 Å². The van der Waals surface area contributed by atoms with E-state index in [4.69, 9.17) is 15.6 Å². The lowest BCUT2D eigenvalue weighted by Crippen LogP contribution is -2.19. The minimum Gasteiger partial charge on any atom is -0.428 e. The first-order valence-electron chi connectivity index (χ1n) is 9.81. The molecule has 10 nitrogen and oxygen atoms in total. The number of carbonyl (C=O) groups excluding carboxylic acids is 1. The third kappa shape index (κ3) is 4.40. The number of rotatable bonds is 8. The van der Waals surface area contributed by atoms with Gasteiger partial charge in [0.25, 0.3) is 5.91 Å². The average Bonchev–Trinajstić information content (AvgIpc) is 3.18. The van der Waals surface area contributed by atoms with E-state index in [0.717, 1.165) is 11.1 Å². The van der Waals surface area contributed by atoms with Gasteiger partial charge in [0.05, 0.1) is 18.2 Å². The van der Waals surface area contributed by atoms with E-state index < -0.39 is 6.04 Å². The summed E-state index contributed by atoms with van der Waals surface area (Å²) in [6.45, 7) is 0.254. The van der Waals surface area contributed by atoms with Gasteiger partial charge < -0.3 is 25.8 Å². The van der Waals surface area contributed by atoms with E-state index >= 15 is 0 Å². The number of carbonyl (C=O) groups is 1. The molecule has 0 bridgehead atoms. The number of aliphatic hydroxyl groups excluding tert-OH is 1. The molecule has 2 heterocycles. The molecule has 0 saturated heterocycles. The Labute approximate surface area is 183 Å². The van der Waals surface area contributed by atoms with Crippen molar-refractivity contribution < 1.29 is 14.6 Å². The maximum Gasteiger partial charge on any atom is 0.251 e. The number of nitrogens with one attached hydrogen (secondary N) is 5. The average molecular weight is 431 g/mol. The Morgan fingerprint density at radius 3 is 2.84 bits per heavy atom. The minimum atomic E-state index is -0.484. The molecule has 1 aliphatic heterocycles. The van der Waals surface area contributed by atoms with Gasteiger partial charge in [0.1, 0.15) is 5.82 Å². The summed E-state index contributed by atoms with van der Waals surface area (Å²) in [5, 5.41) is 34.1. The van der Waals surface area contributed by atoms with Gasteiger partial charge >= 0.3 is 0 Å². The zero-order valence-electron chi connectivity index (χ0n) is 16.9. The zero-order chi connectivity index (χ0) is 22.5. The van der Waals surface area contributed by atoms with Crippen molar-refractivity contribution in [1.82, 2.24) is 15.3 Å². The Kier molecular flexibility index (Phi) is 6.04. The highest BCUT2D eigenvalue weighted by Gasteiger charge is 2.20. The predicted octanol–water partition coefficient (Wildman–Crippen LogP) is 2.56. The normalized spacial score (nSPS) is 13.0. The molecule has 32 heavy (non-hydrogen) atoms. The Morgan fingerprint density at radius 2 is 2.09 bits per heavy atom. The number of nitrogens with zero attached hydrogens (tertiary/aromatic N) is 2. The van der Waals surface area contributed by atoms with Crippen LogP contribution < -0.4 is 16.0 Å². The highest BCUT2D eigenvalue weighted by Crippen LogP contribution is 2.25. The van der Waals surface area contributed by atoms with E-state index in [2.05, 4.69) is 25.9 Å². The molecule has 0 radical (unpaired) electrons. The van der Waals surface area contributed by atoms with Gasteiger partial charge in [-0.15, -0.1) is 0 Å². The molecule has 3 aromatic rings. The largest absolute Gasteiger partial charge is 0.428 e. The highest BCUT2D eigenvalue weighted by atomic mass is 16.5. The third-order valence-electron chi connectivity index (χ3n) is 4.95. The minimum absolute atomic E-state index is 0.0979. The van der Waals surface area contributed by atoms with Gasteiger partial charge in [-0.1, -0.05) is 30.3 Å². The van der Waals surface area contributed by atoms with Crippen molar-refractivity contribution in [1.29, 1.82) is 10.8 Å². The molecule has 0 saturated carbocycles. The van der Waals surface area contributed by atoms with Crippen LogP contribution in [0.5, 0.6) is 0 Å². The first kappa shape index (κ1) is 20.9. The molecule has 0 spiro atoms. The number of hydrogen-bond donors (Lipinski definition) is 6. The fourth-order valence-electron chi connectivity index (χ4n) is 3.36. The van der Waals surface area contributed by atoms with Gasteiger partial charge in [0.15, 0.2) is 6.40 Å².